The topological polar surface area (TPSA) is 48.7 Å². The fourth-order valence-corrected chi connectivity index (χ4v) is 3.02. The van der Waals surface area contributed by atoms with Gasteiger partial charge in [-0.25, -0.2) is 0 Å². The van der Waals surface area contributed by atoms with Gasteiger partial charge in [0.1, 0.15) is 0 Å². The van der Waals surface area contributed by atoms with Crippen LogP contribution < -0.4 is 5.32 Å². The van der Waals surface area contributed by atoms with Gasteiger partial charge in [-0.3, -0.25) is 9.67 Å². The SMILES string of the molecule is CCNC(=NCC(c1cnn(C)c1)N(C)C)N(C)Cc1cccc(Cl)c1. The summed E-state index contributed by atoms with van der Waals surface area (Å²) in [6.45, 7) is 4.29. The van der Waals surface area contributed by atoms with Crippen LogP contribution in [0.4, 0.5) is 0 Å². The van der Waals surface area contributed by atoms with Gasteiger partial charge in [0.15, 0.2) is 5.96 Å². The first-order valence-electron chi connectivity index (χ1n) is 8.79. The van der Waals surface area contributed by atoms with Gasteiger partial charge in [0, 0.05) is 44.0 Å². The monoisotopic (exact) mass is 376 g/mol. The third kappa shape index (κ3) is 5.75. The lowest BCUT2D eigenvalue weighted by atomic mass is 10.1. The van der Waals surface area contributed by atoms with Crippen molar-refractivity contribution in [2.24, 2.45) is 12.0 Å². The fraction of sp³-hybridized carbons (Fsp3) is 0.474. The predicted molar refractivity (Wildman–Crippen MR) is 109 cm³/mol. The summed E-state index contributed by atoms with van der Waals surface area (Å²) in [5.41, 5.74) is 2.32. The maximum Gasteiger partial charge on any atom is 0.194 e. The Balaban J connectivity index is 2.13. The molecule has 1 aromatic heterocycles. The molecule has 1 atom stereocenters. The fourth-order valence-electron chi connectivity index (χ4n) is 2.81. The minimum Gasteiger partial charge on any atom is -0.357 e. The van der Waals surface area contributed by atoms with Gasteiger partial charge in [0.2, 0.25) is 0 Å². The summed E-state index contributed by atoms with van der Waals surface area (Å²) in [5, 5.41) is 8.41. The Morgan fingerprint density at radius 1 is 1.35 bits per heavy atom. The van der Waals surface area contributed by atoms with E-state index in [9.17, 15) is 0 Å². The minimum absolute atomic E-state index is 0.178. The highest BCUT2D eigenvalue weighted by Crippen LogP contribution is 2.18. The van der Waals surface area contributed by atoms with Crippen LogP contribution in [0.2, 0.25) is 5.02 Å². The molecule has 0 saturated heterocycles. The molecule has 0 saturated carbocycles. The van der Waals surface area contributed by atoms with Crippen molar-refractivity contribution >= 4 is 17.6 Å². The number of aryl methyl sites for hydroxylation is 1. The molecular weight excluding hydrogens is 348 g/mol. The van der Waals surface area contributed by atoms with Crippen molar-refractivity contribution in [3.05, 3.63) is 52.8 Å². The van der Waals surface area contributed by atoms with Crippen LogP contribution in [0.5, 0.6) is 0 Å². The van der Waals surface area contributed by atoms with Gasteiger partial charge < -0.3 is 15.1 Å². The molecule has 2 rings (SSSR count). The van der Waals surface area contributed by atoms with E-state index in [1.165, 1.54) is 0 Å². The zero-order chi connectivity index (χ0) is 19.1. The number of halogens is 1. The van der Waals surface area contributed by atoms with E-state index in [-0.39, 0.29) is 6.04 Å². The van der Waals surface area contributed by atoms with Crippen LogP contribution >= 0.6 is 11.6 Å². The summed E-state index contributed by atoms with van der Waals surface area (Å²) in [7, 11) is 8.10. The number of hydrogen-bond donors (Lipinski definition) is 1. The van der Waals surface area contributed by atoms with E-state index in [0.29, 0.717) is 6.54 Å². The number of guanidine groups is 1. The molecule has 142 valence electrons. The summed E-state index contributed by atoms with van der Waals surface area (Å²) in [6, 6.07) is 8.10. The van der Waals surface area contributed by atoms with Crippen LogP contribution in [0.1, 0.15) is 24.1 Å². The van der Waals surface area contributed by atoms with E-state index in [0.717, 1.165) is 35.2 Å². The number of benzene rings is 1. The second-order valence-electron chi connectivity index (χ2n) is 6.61. The number of rotatable bonds is 7. The van der Waals surface area contributed by atoms with E-state index in [2.05, 4.69) is 47.3 Å². The average molecular weight is 377 g/mol. The van der Waals surface area contributed by atoms with Crippen molar-refractivity contribution in [2.75, 3.05) is 34.2 Å². The first-order valence-corrected chi connectivity index (χ1v) is 9.17. The molecule has 0 radical (unpaired) electrons. The van der Waals surface area contributed by atoms with Gasteiger partial charge in [-0.05, 0) is 38.7 Å². The lowest BCUT2D eigenvalue weighted by Gasteiger charge is -2.25. The van der Waals surface area contributed by atoms with Gasteiger partial charge >= 0.3 is 0 Å². The minimum atomic E-state index is 0.178. The first kappa shape index (κ1) is 20.3. The van der Waals surface area contributed by atoms with Crippen LogP contribution in [0.25, 0.3) is 0 Å². The number of hydrogen-bond acceptors (Lipinski definition) is 3. The Bertz CT molecular complexity index is 724. The number of aliphatic imine (C=N–C) groups is 1. The maximum atomic E-state index is 6.10. The Kier molecular flexibility index (Phi) is 7.48. The molecule has 1 aromatic carbocycles. The summed E-state index contributed by atoms with van der Waals surface area (Å²) >= 11 is 6.10. The van der Waals surface area contributed by atoms with Gasteiger partial charge in [-0.2, -0.15) is 5.10 Å². The molecule has 6 nitrogen and oxygen atoms in total. The summed E-state index contributed by atoms with van der Waals surface area (Å²) in [5.74, 6) is 0.878. The van der Waals surface area contributed by atoms with Crippen molar-refractivity contribution in [3.8, 4) is 0 Å². The smallest absolute Gasteiger partial charge is 0.194 e. The van der Waals surface area contributed by atoms with Crippen molar-refractivity contribution < 1.29 is 0 Å². The second-order valence-corrected chi connectivity index (χ2v) is 7.04. The van der Waals surface area contributed by atoms with Crippen LogP contribution in [-0.2, 0) is 13.6 Å². The molecule has 1 N–H and O–H groups in total. The molecule has 7 heteroatoms. The van der Waals surface area contributed by atoms with Crippen molar-refractivity contribution in [3.63, 3.8) is 0 Å². The summed E-state index contributed by atoms with van der Waals surface area (Å²) < 4.78 is 1.83. The van der Waals surface area contributed by atoms with Crippen molar-refractivity contribution in [1.82, 2.24) is 24.9 Å². The highest BCUT2D eigenvalue weighted by atomic mass is 35.5. The number of aromatic nitrogens is 2. The average Bonchev–Trinajstić information content (AvgIpc) is 3.00. The van der Waals surface area contributed by atoms with Gasteiger partial charge in [0.05, 0.1) is 18.8 Å². The highest BCUT2D eigenvalue weighted by molar-refractivity contribution is 6.30. The Morgan fingerprint density at radius 3 is 2.69 bits per heavy atom. The molecule has 26 heavy (non-hydrogen) atoms. The normalized spacial score (nSPS) is 13.1. The zero-order valence-corrected chi connectivity index (χ0v) is 17.0. The third-order valence-electron chi connectivity index (χ3n) is 4.15. The van der Waals surface area contributed by atoms with Crippen LogP contribution in [0, 0.1) is 0 Å². The van der Waals surface area contributed by atoms with E-state index in [1.807, 2.05) is 49.4 Å². The first-order chi connectivity index (χ1) is 12.4. The van der Waals surface area contributed by atoms with E-state index in [4.69, 9.17) is 16.6 Å². The molecule has 1 heterocycles. The highest BCUT2D eigenvalue weighted by Gasteiger charge is 2.16. The van der Waals surface area contributed by atoms with E-state index in [1.54, 1.807) is 0 Å². The van der Waals surface area contributed by atoms with Crippen LogP contribution in [-0.4, -0.2) is 59.8 Å². The summed E-state index contributed by atoms with van der Waals surface area (Å²) in [6.07, 6.45) is 3.95. The van der Waals surface area contributed by atoms with Crippen molar-refractivity contribution in [2.45, 2.75) is 19.5 Å². The number of nitrogens with one attached hydrogen (secondary N) is 1. The molecule has 0 aliphatic carbocycles. The Hall–Kier alpha value is -2.05. The molecule has 0 aliphatic heterocycles. The van der Waals surface area contributed by atoms with Crippen LogP contribution in [0.15, 0.2) is 41.7 Å². The van der Waals surface area contributed by atoms with Crippen LogP contribution in [0.3, 0.4) is 0 Å². The van der Waals surface area contributed by atoms with E-state index >= 15 is 0 Å². The Labute approximate surface area is 161 Å². The number of likely N-dealkylation sites (N-methyl/N-ethyl adjacent to an activating group) is 1. The zero-order valence-electron chi connectivity index (χ0n) is 16.3. The number of nitrogens with zero attached hydrogens (tertiary/aromatic N) is 5. The lowest BCUT2D eigenvalue weighted by Crippen LogP contribution is -2.39. The van der Waals surface area contributed by atoms with Crippen molar-refractivity contribution in [1.29, 1.82) is 0 Å². The predicted octanol–water partition coefficient (Wildman–Crippen LogP) is 2.77. The standard InChI is InChI=1S/C19H29ClN6/c1-6-21-19(25(4)13-15-8-7-9-17(20)10-15)22-12-18(24(2)3)16-11-23-26(5)14-16/h7-11,14,18H,6,12-13H2,1-5H3,(H,21,22). The molecule has 0 amide bonds. The molecule has 0 bridgehead atoms. The molecule has 0 aliphatic rings. The van der Waals surface area contributed by atoms with Gasteiger partial charge in [0.25, 0.3) is 0 Å². The second kappa shape index (κ2) is 9.59. The molecule has 2 aromatic rings. The Morgan fingerprint density at radius 2 is 2.12 bits per heavy atom. The maximum absolute atomic E-state index is 6.10. The lowest BCUT2D eigenvalue weighted by molar-refractivity contribution is 0.305. The molecule has 1 unspecified atom stereocenters. The summed E-state index contributed by atoms with van der Waals surface area (Å²) in [4.78, 5) is 9.14. The quantitative estimate of drug-likeness (QED) is 0.596. The largest absolute Gasteiger partial charge is 0.357 e. The molecule has 0 spiro atoms. The van der Waals surface area contributed by atoms with E-state index < -0.39 is 0 Å². The molecule has 0 fully saturated rings. The van der Waals surface area contributed by atoms with Gasteiger partial charge in [-0.1, -0.05) is 23.7 Å². The molecular formula is C19H29ClN6. The van der Waals surface area contributed by atoms with Gasteiger partial charge in [-0.15, -0.1) is 0 Å². The third-order valence-corrected chi connectivity index (χ3v) is 4.39.